The average Bonchev–Trinajstić information content (AvgIpc) is 2.73. The highest BCUT2D eigenvalue weighted by molar-refractivity contribution is 5.92. The molecule has 30 heavy (non-hydrogen) atoms. The minimum Gasteiger partial charge on any atom is -0.378 e. The number of carbonyl (C=O) groups is 2. The molecule has 8 nitrogen and oxygen atoms in total. The first kappa shape index (κ1) is 21.3. The number of rotatable bonds is 6. The highest BCUT2D eigenvalue weighted by Crippen LogP contribution is 2.24. The fourth-order valence-corrected chi connectivity index (χ4v) is 2.78. The first-order valence-electron chi connectivity index (χ1n) is 9.58. The quantitative estimate of drug-likeness (QED) is 0.610. The molecule has 1 aliphatic heterocycles. The van der Waals surface area contributed by atoms with Crippen LogP contribution in [0.15, 0.2) is 36.4 Å². The highest BCUT2D eigenvalue weighted by atomic mass is 16.5. The summed E-state index contributed by atoms with van der Waals surface area (Å²) in [5.41, 5.74) is 8.20. The second-order valence-electron chi connectivity index (χ2n) is 6.97. The Hall–Kier alpha value is -3.41. The molecule has 1 fully saturated rings. The summed E-state index contributed by atoms with van der Waals surface area (Å²) < 4.78 is 5.17. The van der Waals surface area contributed by atoms with E-state index in [4.69, 9.17) is 10.5 Å². The van der Waals surface area contributed by atoms with E-state index in [-0.39, 0.29) is 11.7 Å². The second kappa shape index (κ2) is 9.39. The molecule has 0 aliphatic carbocycles. The van der Waals surface area contributed by atoms with Crippen LogP contribution < -0.4 is 11.1 Å². The fraction of sp³-hybridized carbons (Fsp3) is 0.318. The molecule has 1 atom stereocenters. The number of nitrogens with two attached hydrogens (primary N) is 1. The Morgan fingerprint density at radius 1 is 1.37 bits per heavy atom. The molecule has 8 heteroatoms. The van der Waals surface area contributed by atoms with Crippen LogP contribution in [0.5, 0.6) is 0 Å². The monoisotopic (exact) mass is 408 g/mol. The van der Waals surface area contributed by atoms with Crippen LogP contribution in [0.25, 0.3) is 11.3 Å². The number of nitrogens with zero attached hydrogens (tertiary/aromatic N) is 2. The lowest BCUT2D eigenvalue weighted by atomic mass is 10.1. The summed E-state index contributed by atoms with van der Waals surface area (Å²) in [5.74, 6) is 4.31. The number of likely N-dealkylation sites (N-methyl/N-ethyl adjacent to an activating group) is 1. The topological polar surface area (TPSA) is 118 Å². The Balaban J connectivity index is 1.87. The summed E-state index contributed by atoms with van der Waals surface area (Å²) in [6.07, 6.45) is -1.39. The van der Waals surface area contributed by atoms with Crippen molar-refractivity contribution < 1.29 is 19.4 Å². The van der Waals surface area contributed by atoms with Crippen LogP contribution in [-0.2, 0) is 9.53 Å². The van der Waals surface area contributed by atoms with Crippen LogP contribution in [-0.4, -0.2) is 65.8 Å². The van der Waals surface area contributed by atoms with E-state index in [1.54, 1.807) is 31.3 Å². The number of aromatic nitrogens is 1. The van der Waals surface area contributed by atoms with Crippen molar-refractivity contribution in [2.75, 3.05) is 32.1 Å². The molecule has 1 aromatic heterocycles. The number of carbonyl (C=O) groups excluding carboxylic acids is 2. The summed E-state index contributed by atoms with van der Waals surface area (Å²) >= 11 is 0. The Morgan fingerprint density at radius 3 is 2.77 bits per heavy atom. The van der Waals surface area contributed by atoms with E-state index in [9.17, 15) is 14.7 Å². The lowest BCUT2D eigenvalue weighted by Crippen LogP contribution is -2.40. The lowest BCUT2D eigenvalue weighted by molar-refractivity contribution is -0.135. The third-order valence-corrected chi connectivity index (χ3v) is 4.68. The largest absolute Gasteiger partial charge is 0.378 e. The zero-order chi connectivity index (χ0) is 21.7. The van der Waals surface area contributed by atoms with E-state index >= 15 is 0 Å². The van der Waals surface area contributed by atoms with Gasteiger partial charge in [0, 0.05) is 30.4 Å². The molecule has 1 unspecified atom stereocenters. The maximum Gasteiger partial charge on any atom is 0.267 e. The standard InChI is InChI=1S/C22H24N4O4/c1-3-26(2)22(29)20(27)8-7-14-5-4-6-15(9-14)18-10-16(24-17-12-30-13-17)11-19(25-18)21(23)28/h4-6,9-11,17,20,27H,3,12-13H2,1-2H3,(H2,23,28)(H,24,25). The summed E-state index contributed by atoms with van der Waals surface area (Å²) in [6.45, 7) is 3.50. The molecular formula is C22H24N4O4. The normalized spacial score (nSPS) is 14.1. The van der Waals surface area contributed by atoms with Gasteiger partial charge in [-0.1, -0.05) is 24.0 Å². The van der Waals surface area contributed by atoms with Crippen molar-refractivity contribution in [1.82, 2.24) is 9.88 Å². The van der Waals surface area contributed by atoms with Gasteiger partial charge in [-0.3, -0.25) is 9.59 Å². The molecule has 2 aromatic rings. The summed E-state index contributed by atoms with van der Waals surface area (Å²) in [6, 6.07) is 10.8. The van der Waals surface area contributed by atoms with Crippen LogP contribution in [0.3, 0.4) is 0 Å². The number of aliphatic hydroxyl groups is 1. The molecule has 1 aliphatic rings. The molecule has 0 spiro atoms. The maximum absolute atomic E-state index is 11.9. The van der Waals surface area contributed by atoms with Gasteiger partial charge in [0.05, 0.1) is 24.9 Å². The zero-order valence-electron chi connectivity index (χ0n) is 16.9. The van der Waals surface area contributed by atoms with Gasteiger partial charge in [0.1, 0.15) is 5.69 Å². The third-order valence-electron chi connectivity index (χ3n) is 4.68. The van der Waals surface area contributed by atoms with Gasteiger partial charge < -0.3 is 25.8 Å². The molecule has 0 saturated carbocycles. The summed E-state index contributed by atoms with van der Waals surface area (Å²) in [7, 11) is 1.60. The van der Waals surface area contributed by atoms with Crippen molar-refractivity contribution in [2.45, 2.75) is 19.1 Å². The summed E-state index contributed by atoms with van der Waals surface area (Å²) in [5, 5.41) is 13.3. The number of anilines is 1. The number of primary amides is 1. The van der Waals surface area contributed by atoms with Gasteiger partial charge in [0.2, 0.25) is 0 Å². The molecule has 0 bridgehead atoms. The maximum atomic E-state index is 11.9. The highest BCUT2D eigenvalue weighted by Gasteiger charge is 2.19. The molecule has 3 rings (SSSR count). The van der Waals surface area contributed by atoms with Gasteiger partial charge in [0.25, 0.3) is 11.8 Å². The SMILES string of the molecule is CCN(C)C(=O)C(O)C#Cc1cccc(-c2cc(NC3COC3)cc(C(N)=O)n2)c1. The van der Waals surface area contributed by atoms with Crippen LogP contribution in [0.2, 0.25) is 0 Å². The number of pyridine rings is 1. The predicted octanol–water partition coefficient (Wildman–Crippen LogP) is 0.849. The van der Waals surface area contributed by atoms with Gasteiger partial charge in [-0.2, -0.15) is 0 Å². The number of hydrogen-bond donors (Lipinski definition) is 3. The molecule has 2 amide bonds. The van der Waals surface area contributed by atoms with Crippen molar-refractivity contribution in [3.05, 3.63) is 47.7 Å². The van der Waals surface area contributed by atoms with Crippen molar-refractivity contribution in [1.29, 1.82) is 0 Å². The molecule has 1 aromatic carbocycles. The Kier molecular flexibility index (Phi) is 6.67. The Morgan fingerprint density at radius 2 is 2.13 bits per heavy atom. The van der Waals surface area contributed by atoms with Gasteiger partial charge >= 0.3 is 0 Å². The summed E-state index contributed by atoms with van der Waals surface area (Å²) in [4.78, 5) is 29.4. The van der Waals surface area contributed by atoms with Crippen molar-refractivity contribution in [2.24, 2.45) is 5.73 Å². The number of ether oxygens (including phenoxy) is 1. The molecular weight excluding hydrogens is 384 g/mol. The van der Waals surface area contributed by atoms with E-state index in [0.717, 1.165) is 11.3 Å². The van der Waals surface area contributed by atoms with E-state index in [1.165, 1.54) is 4.90 Å². The van der Waals surface area contributed by atoms with Crippen LogP contribution >= 0.6 is 0 Å². The van der Waals surface area contributed by atoms with Crippen molar-refractivity contribution in [3.63, 3.8) is 0 Å². The average molecular weight is 408 g/mol. The zero-order valence-corrected chi connectivity index (χ0v) is 16.9. The Bertz CT molecular complexity index is 1010. The molecule has 4 N–H and O–H groups in total. The number of aliphatic hydroxyl groups excluding tert-OH is 1. The van der Waals surface area contributed by atoms with Gasteiger partial charge in [-0.15, -0.1) is 0 Å². The first-order chi connectivity index (χ1) is 14.4. The van der Waals surface area contributed by atoms with Gasteiger partial charge in [-0.25, -0.2) is 4.98 Å². The molecule has 2 heterocycles. The smallest absolute Gasteiger partial charge is 0.267 e. The number of amides is 2. The minimum atomic E-state index is -1.39. The van der Waals surface area contributed by atoms with E-state index in [0.29, 0.717) is 31.0 Å². The second-order valence-corrected chi connectivity index (χ2v) is 6.97. The minimum absolute atomic E-state index is 0.148. The van der Waals surface area contributed by atoms with Crippen LogP contribution in [0.1, 0.15) is 23.0 Å². The van der Waals surface area contributed by atoms with Gasteiger partial charge in [0.15, 0.2) is 6.10 Å². The van der Waals surface area contributed by atoms with E-state index in [2.05, 4.69) is 22.1 Å². The van der Waals surface area contributed by atoms with Crippen molar-refractivity contribution in [3.8, 4) is 23.1 Å². The molecule has 156 valence electrons. The first-order valence-corrected chi connectivity index (χ1v) is 9.58. The number of benzene rings is 1. The van der Waals surface area contributed by atoms with E-state index < -0.39 is 17.9 Å². The molecule has 1 saturated heterocycles. The van der Waals surface area contributed by atoms with Gasteiger partial charge in [-0.05, 0) is 31.2 Å². The number of nitrogens with one attached hydrogen (secondary N) is 1. The van der Waals surface area contributed by atoms with Crippen LogP contribution in [0, 0.1) is 11.8 Å². The Labute approximate surface area is 175 Å². The lowest BCUT2D eigenvalue weighted by Gasteiger charge is -2.28. The van der Waals surface area contributed by atoms with Crippen molar-refractivity contribution >= 4 is 17.5 Å². The van der Waals surface area contributed by atoms with E-state index in [1.807, 2.05) is 19.1 Å². The fourth-order valence-electron chi connectivity index (χ4n) is 2.78. The molecule has 0 radical (unpaired) electrons. The number of hydrogen-bond acceptors (Lipinski definition) is 6. The van der Waals surface area contributed by atoms with Crippen LogP contribution in [0.4, 0.5) is 5.69 Å². The third kappa shape index (κ3) is 5.14. The predicted molar refractivity (Wildman–Crippen MR) is 113 cm³/mol.